The van der Waals surface area contributed by atoms with Crippen LogP contribution in [0.15, 0.2) is 16.7 Å². The maximum atomic E-state index is 10.9. The molecule has 0 aromatic carbocycles. The van der Waals surface area contributed by atoms with Crippen molar-refractivity contribution in [2.45, 2.75) is 45.6 Å². The second-order valence-electron chi connectivity index (χ2n) is 4.32. The number of hydrogen-bond donors (Lipinski definition) is 1. The number of unbranched alkanes of at least 4 members (excludes halogenated alkanes) is 2. The molecule has 1 aromatic heterocycles. The molecule has 1 rings (SSSR count). The number of nitrogens with one attached hydrogen (secondary N) is 1. The minimum Gasteiger partial charge on any atom is -0.362 e. The number of pyridine rings is 1. The number of rotatable bonds is 7. The molecule has 0 spiro atoms. The Morgan fingerprint density at radius 3 is 2.89 bits per heavy atom. The van der Waals surface area contributed by atoms with Crippen molar-refractivity contribution in [1.29, 1.82) is 0 Å². The zero-order chi connectivity index (χ0) is 13.5. The molecule has 0 aliphatic rings. The standard InChI is InChI=1S/C12H18BrN3O2/c1-3-4-5-6-9(2)15-12-11(16(17)18)7-10(13)8-14-12/h7-9H,3-6H2,1-2H3,(H,14,15). The summed E-state index contributed by atoms with van der Waals surface area (Å²) in [5.74, 6) is 0.340. The lowest BCUT2D eigenvalue weighted by Gasteiger charge is -2.14. The van der Waals surface area contributed by atoms with E-state index in [0.717, 1.165) is 12.8 Å². The summed E-state index contributed by atoms with van der Waals surface area (Å²) < 4.78 is 0.610. The molecule has 0 amide bonds. The molecular formula is C12H18BrN3O2. The van der Waals surface area contributed by atoms with Gasteiger partial charge in [-0.15, -0.1) is 0 Å². The Kier molecular flexibility index (Phi) is 6.04. The first kappa shape index (κ1) is 14.9. The highest BCUT2D eigenvalue weighted by molar-refractivity contribution is 9.10. The van der Waals surface area contributed by atoms with E-state index < -0.39 is 4.92 Å². The van der Waals surface area contributed by atoms with Crippen LogP contribution in [0.2, 0.25) is 0 Å². The third kappa shape index (κ3) is 4.60. The Hall–Kier alpha value is -1.17. The molecule has 0 fully saturated rings. The first-order valence-electron chi connectivity index (χ1n) is 6.11. The van der Waals surface area contributed by atoms with Crippen molar-refractivity contribution in [3.63, 3.8) is 0 Å². The molecule has 1 N–H and O–H groups in total. The van der Waals surface area contributed by atoms with E-state index in [4.69, 9.17) is 0 Å². The predicted octanol–water partition coefficient (Wildman–Crippen LogP) is 4.13. The lowest BCUT2D eigenvalue weighted by Crippen LogP contribution is -2.16. The van der Waals surface area contributed by atoms with E-state index in [2.05, 4.69) is 33.2 Å². The van der Waals surface area contributed by atoms with E-state index >= 15 is 0 Å². The van der Waals surface area contributed by atoms with Gasteiger partial charge in [0.15, 0.2) is 0 Å². The van der Waals surface area contributed by atoms with Gasteiger partial charge in [0.05, 0.1) is 4.92 Å². The summed E-state index contributed by atoms with van der Waals surface area (Å²) in [7, 11) is 0. The van der Waals surface area contributed by atoms with Gasteiger partial charge in [0, 0.05) is 22.8 Å². The minimum absolute atomic E-state index is 0.00622. The van der Waals surface area contributed by atoms with Gasteiger partial charge in [-0.05, 0) is 29.3 Å². The zero-order valence-electron chi connectivity index (χ0n) is 10.6. The van der Waals surface area contributed by atoms with Gasteiger partial charge in [-0.2, -0.15) is 0 Å². The van der Waals surface area contributed by atoms with Gasteiger partial charge < -0.3 is 5.32 Å². The number of nitro groups is 1. The van der Waals surface area contributed by atoms with E-state index in [1.807, 2.05) is 6.92 Å². The molecule has 5 nitrogen and oxygen atoms in total. The van der Waals surface area contributed by atoms with Gasteiger partial charge in [0.2, 0.25) is 5.82 Å². The van der Waals surface area contributed by atoms with Crippen LogP contribution in [-0.2, 0) is 0 Å². The number of anilines is 1. The summed E-state index contributed by atoms with van der Waals surface area (Å²) >= 11 is 3.19. The molecule has 0 radical (unpaired) electrons. The molecule has 1 atom stereocenters. The van der Waals surface area contributed by atoms with Crippen LogP contribution in [0.4, 0.5) is 11.5 Å². The van der Waals surface area contributed by atoms with Crippen molar-refractivity contribution in [3.05, 3.63) is 26.9 Å². The molecule has 0 aliphatic heterocycles. The van der Waals surface area contributed by atoms with Crippen LogP contribution in [0.5, 0.6) is 0 Å². The Labute approximate surface area is 115 Å². The number of halogens is 1. The van der Waals surface area contributed by atoms with E-state index in [9.17, 15) is 10.1 Å². The highest BCUT2D eigenvalue weighted by Gasteiger charge is 2.17. The average molecular weight is 316 g/mol. The second-order valence-corrected chi connectivity index (χ2v) is 5.24. The highest BCUT2D eigenvalue weighted by Crippen LogP contribution is 2.26. The summed E-state index contributed by atoms with van der Waals surface area (Å²) in [6, 6.07) is 1.65. The second kappa shape index (κ2) is 7.31. The van der Waals surface area contributed by atoms with Crippen molar-refractivity contribution in [1.82, 2.24) is 4.98 Å². The molecule has 1 unspecified atom stereocenters. The first-order chi connectivity index (χ1) is 8.54. The summed E-state index contributed by atoms with van der Waals surface area (Å²) in [5.41, 5.74) is 0.00622. The molecule has 100 valence electrons. The van der Waals surface area contributed by atoms with Crippen LogP contribution in [0.1, 0.15) is 39.5 Å². The van der Waals surface area contributed by atoms with Crippen LogP contribution in [0.25, 0.3) is 0 Å². The summed E-state index contributed by atoms with van der Waals surface area (Å²) in [4.78, 5) is 14.6. The number of hydrogen-bond acceptors (Lipinski definition) is 4. The Morgan fingerprint density at radius 1 is 1.56 bits per heavy atom. The van der Waals surface area contributed by atoms with Crippen molar-refractivity contribution in [2.24, 2.45) is 0 Å². The van der Waals surface area contributed by atoms with Gasteiger partial charge in [-0.1, -0.05) is 26.2 Å². The maximum absolute atomic E-state index is 10.9. The predicted molar refractivity (Wildman–Crippen MR) is 75.8 cm³/mol. The fourth-order valence-corrected chi connectivity index (χ4v) is 2.00. The average Bonchev–Trinajstić information content (AvgIpc) is 2.31. The number of nitrogens with zero attached hydrogens (tertiary/aromatic N) is 2. The fraction of sp³-hybridized carbons (Fsp3) is 0.583. The highest BCUT2D eigenvalue weighted by atomic mass is 79.9. The summed E-state index contributed by atoms with van der Waals surface area (Å²) in [6.45, 7) is 4.17. The van der Waals surface area contributed by atoms with E-state index in [0.29, 0.717) is 10.3 Å². The SMILES string of the molecule is CCCCCC(C)Nc1ncc(Br)cc1[N+](=O)[O-]. The molecule has 0 aliphatic carbocycles. The third-order valence-corrected chi connectivity index (χ3v) is 3.09. The lowest BCUT2D eigenvalue weighted by molar-refractivity contribution is -0.384. The molecule has 18 heavy (non-hydrogen) atoms. The molecule has 1 aromatic rings. The summed E-state index contributed by atoms with van der Waals surface area (Å²) in [6.07, 6.45) is 6.02. The van der Waals surface area contributed by atoms with E-state index in [1.54, 1.807) is 6.20 Å². The third-order valence-electron chi connectivity index (χ3n) is 2.65. The van der Waals surface area contributed by atoms with Crippen LogP contribution in [-0.4, -0.2) is 15.9 Å². The molecule has 6 heteroatoms. The largest absolute Gasteiger partial charge is 0.362 e. The zero-order valence-corrected chi connectivity index (χ0v) is 12.2. The monoisotopic (exact) mass is 315 g/mol. The van der Waals surface area contributed by atoms with Crippen LogP contribution in [0, 0.1) is 10.1 Å². The van der Waals surface area contributed by atoms with Gasteiger partial charge in [-0.3, -0.25) is 10.1 Å². The van der Waals surface area contributed by atoms with Crippen LogP contribution < -0.4 is 5.32 Å². The fourth-order valence-electron chi connectivity index (χ4n) is 1.69. The maximum Gasteiger partial charge on any atom is 0.312 e. The van der Waals surface area contributed by atoms with Gasteiger partial charge >= 0.3 is 5.69 Å². The van der Waals surface area contributed by atoms with Gasteiger partial charge in [0.25, 0.3) is 0 Å². The number of aromatic nitrogens is 1. The normalized spacial score (nSPS) is 12.2. The minimum atomic E-state index is -0.418. The molecular weight excluding hydrogens is 298 g/mol. The lowest BCUT2D eigenvalue weighted by atomic mass is 10.1. The topological polar surface area (TPSA) is 68.1 Å². The van der Waals surface area contributed by atoms with Crippen LogP contribution in [0.3, 0.4) is 0 Å². The first-order valence-corrected chi connectivity index (χ1v) is 6.90. The van der Waals surface area contributed by atoms with E-state index in [1.165, 1.54) is 18.9 Å². The van der Waals surface area contributed by atoms with Crippen molar-refractivity contribution in [3.8, 4) is 0 Å². The molecule has 0 bridgehead atoms. The van der Waals surface area contributed by atoms with E-state index in [-0.39, 0.29) is 11.7 Å². The molecule has 0 saturated carbocycles. The van der Waals surface area contributed by atoms with Crippen LogP contribution >= 0.6 is 15.9 Å². The quantitative estimate of drug-likeness (QED) is 0.466. The van der Waals surface area contributed by atoms with Gasteiger partial charge in [-0.25, -0.2) is 4.98 Å². The Balaban J connectivity index is 2.68. The van der Waals surface area contributed by atoms with Gasteiger partial charge in [0.1, 0.15) is 0 Å². The van der Waals surface area contributed by atoms with Crippen molar-refractivity contribution >= 4 is 27.4 Å². The summed E-state index contributed by atoms with van der Waals surface area (Å²) in [5, 5.41) is 14.0. The smallest absolute Gasteiger partial charge is 0.312 e. The van der Waals surface area contributed by atoms with Crippen molar-refractivity contribution in [2.75, 3.05) is 5.32 Å². The Bertz CT molecular complexity index is 412. The Morgan fingerprint density at radius 2 is 2.28 bits per heavy atom. The molecule has 0 saturated heterocycles. The van der Waals surface area contributed by atoms with Crippen molar-refractivity contribution < 1.29 is 4.92 Å². The molecule has 1 heterocycles.